The number of ether oxygens (including phenoxy) is 1. The highest BCUT2D eigenvalue weighted by molar-refractivity contribution is 5.47. The first-order valence-corrected chi connectivity index (χ1v) is 6.90. The summed E-state index contributed by atoms with van der Waals surface area (Å²) in [5.41, 5.74) is 1.90. The van der Waals surface area contributed by atoms with Crippen LogP contribution >= 0.6 is 0 Å². The Balaban J connectivity index is 2.01. The van der Waals surface area contributed by atoms with Crippen LogP contribution in [0.25, 0.3) is 0 Å². The van der Waals surface area contributed by atoms with Crippen LogP contribution in [0.1, 0.15) is 42.9 Å². The molecule has 0 heterocycles. The molecule has 0 aliphatic heterocycles. The van der Waals surface area contributed by atoms with Crippen molar-refractivity contribution < 1.29 is 14.2 Å². The number of rotatable bonds is 4. The fraction of sp³-hybridized carbons (Fsp3) is 0.294. The number of halogens is 1. The van der Waals surface area contributed by atoms with Gasteiger partial charge in [-0.1, -0.05) is 24.3 Å². The van der Waals surface area contributed by atoms with Crippen LogP contribution in [-0.2, 0) is 0 Å². The van der Waals surface area contributed by atoms with Gasteiger partial charge in [-0.05, 0) is 49.4 Å². The highest BCUT2D eigenvalue weighted by atomic mass is 19.1. The monoisotopic (exact) mass is 272 g/mol. The molecule has 1 N–H and O–H groups in total. The average molecular weight is 272 g/mol. The lowest BCUT2D eigenvalue weighted by molar-refractivity contribution is 0.197. The fourth-order valence-corrected chi connectivity index (χ4v) is 2.47. The number of aliphatic hydroxyl groups is 1. The van der Waals surface area contributed by atoms with Gasteiger partial charge in [0, 0.05) is 5.56 Å². The van der Waals surface area contributed by atoms with Crippen LogP contribution in [0.15, 0.2) is 42.5 Å². The van der Waals surface area contributed by atoms with E-state index in [2.05, 4.69) is 0 Å². The van der Waals surface area contributed by atoms with Crippen LogP contribution in [-0.4, -0.2) is 5.11 Å². The maximum atomic E-state index is 13.7. The van der Waals surface area contributed by atoms with Crippen molar-refractivity contribution in [2.75, 3.05) is 0 Å². The molecule has 0 aromatic heterocycles. The standard InChI is InChI=1S/C17H17FO2/c1-11(19)13-5-4-8-16(17(13)12-9-10-12)20-15-7-3-2-6-14(15)18/h2-8,11-12,19H,9-10H2,1H3. The molecule has 0 spiro atoms. The summed E-state index contributed by atoms with van der Waals surface area (Å²) in [6.45, 7) is 1.74. The number of para-hydroxylation sites is 1. The molecule has 3 heteroatoms. The Bertz CT molecular complexity index is 618. The molecule has 3 rings (SSSR count). The number of hydrogen-bond acceptors (Lipinski definition) is 2. The van der Waals surface area contributed by atoms with Crippen LogP contribution in [0.4, 0.5) is 4.39 Å². The summed E-state index contributed by atoms with van der Waals surface area (Å²) in [4.78, 5) is 0. The van der Waals surface area contributed by atoms with Gasteiger partial charge in [-0.25, -0.2) is 4.39 Å². The van der Waals surface area contributed by atoms with Gasteiger partial charge in [0.15, 0.2) is 11.6 Å². The molecule has 1 aliphatic rings. The Hall–Kier alpha value is -1.87. The van der Waals surface area contributed by atoms with Crippen molar-refractivity contribution in [1.29, 1.82) is 0 Å². The minimum atomic E-state index is -0.547. The highest BCUT2D eigenvalue weighted by Crippen LogP contribution is 2.48. The molecule has 1 saturated carbocycles. The van der Waals surface area contributed by atoms with Crippen LogP contribution in [0.5, 0.6) is 11.5 Å². The molecule has 0 saturated heterocycles. The largest absolute Gasteiger partial charge is 0.454 e. The predicted molar refractivity (Wildman–Crippen MR) is 75.5 cm³/mol. The summed E-state index contributed by atoms with van der Waals surface area (Å²) in [7, 11) is 0. The Morgan fingerprint density at radius 1 is 1.10 bits per heavy atom. The van der Waals surface area contributed by atoms with E-state index in [0.29, 0.717) is 11.7 Å². The average Bonchev–Trinajstić information content (AvgIpc) is 3.25. The third kappa shape index (κ3) is 2.54. The van der Waals surface area contributed by atoms with E-state index < -0.39 is 6.10 Å². The summed E-state index contributed by atoms with van der Waals surface area (Å²) in [6.07, 6.45) is 1.64. The number of benzene rings is 2. The molecule has 0 amide bonds. The first-order valence-electron chi connectivity index (χ1n) is 6.90. The highest BCUT2D eigenvalue weighted by Gasteiger charge is 2.30. The SMILES string of the molecule is CC(O)c1cccc(Oc2ccccc2F)c1C1CC1. The van der Waals surface area contributed by atoms with E-state index in [1.807, 2.05) is 18.2 Å². The van der Waals surface area contributed by atoms with Gasteiger partial charge in [0.1, 0.15) is 5.75 Å². The van der Waals surface area contributed by atoms with Crippen molar-refractivity contribution in [1.82, 2.24) is 0 Å². The predicted octanol–water partition coefficient (Wildman–Crippen LogP) is 4.55. The van der Waals surface area contributed by atoms with Gasteiger partial charge in [-0.2, -0.15) is 0 Å². The lowest BCUT2D eigenvalue weighted by Crippen LogP contribution is -2.00. The molecule has 104 valence electrons. The van der Waals surface area contributed by atoms with Gasteiger partial charge in [-0.15, -0.1) is 0 Å². The van der Waals surface area contributed by atoms with Gasteiger partial charge < -0.3 is 9.84 Å². The Morgan fingerprint density at radius 3 is 2.45 bits per heavy atom. The normalized spacial score (nSPS) is 15.9. The molecule has 2 aromatic rings. The zero-order valence-corrected chi connectivity index (χ0v) is 11.3. The van der Waals surface area contributed by atoms with Crippen molar-refractivity contribution >= 4 is 0 Å². The van der Waals surface area contributed by atoms with Crippen molar-refractivity contribution in [3.8, 4) is 11.5 Å². The Morgan fingerprint density at radius 2 is 1.80 bits per heavy atom. The summed E-state index contributed by atoms with van der Waals surface area (Å²) in [5, 5.41) is 9.90. The second-order valence-corrected chi connectivity index (χ2v) is 5.24. The van der Waals surface area contributed by atoms with Crippen molar-refractivity contribution in [2.24, 2.45) is 0 Å². The second kappa shape index (κ2) is 5.25. The van der Waals surface area contributed by atoms with Gasteiger partial charge in [-0.3, -0.25) is 0 Å². The molecule has 1 atom stereocenters. The first-order chi connectivity index (χ1) is 9.66. The zero-order valence-electron chi connectivity index (χ0n) is 11.3. The van der Waals surface area contributed by atoms with Gasteiger partial charge >= 0.3 is 0 Å². The van der Waals surface area contributed by atoms with E-state index >= 15 is 0 Å². The minimum absolute atomic E-state index is 0.220. The first kappa shape index (κ1) is 13.1. The third-order valence-electron chi connectivity index (χ3n) is 3.59. The quantitative estimate of drug-likeness (QED) is 0.884. The van der Waals surface area contributed by atoms with E-state index in [1.54, 1.807) is 25.1 Å². The Kier molecular flexibility index (Phi) is 3.45. The van der Waals surface area contributed by atoms with E-state index in [4.69, 9.17) is 4.74 Å². The Labute approximate surface area is 117 Å². The van der Waals surface area contributed by atoms with Gasteiger partial charge in [0.2, 0.25) is 0 Å². The molecule has 1 fully saturated rings. The maximum Gasteiger partial charge on any atom is 0.165 e. The topological polar surface area (TPSA) is 29.5 Å². The van der Waals surface area contributed by atoms with Gasteiger partial charge in [0.25, 0.3) is 0 Å². The van der Waals surface area contributed by atoms with Crippen LogP contribution in [0.3, 0.4) is 0 Å². The summed E-state index contributed by atoms with van der Waals surface area (Å²) in [6, 6.07) is 12.0. The van der Waals surface area contributed by atoms with Crippen molar-refractivity contribution in [3.05, 3.63) is 59.4 Å². The molecular weight excluding hydrogens is 255 g/mol. The van der Waals surface area contributed by atoms with Gasteiger partial charge in [0.05, 0.1) is 6.10 Å². The number of hydrogen-bond donors (Lipinski definition) is 1. The van der Waals surface area contributed by atoms with Crippen LogP contribution < -0.4 is 4.74 Å². The fourth-order valence-electron chi connectivity index (χ4n) is 2.47. The van der Waals surface area contributed by atoms with E-state index in [-0.39, 0.29) is 11.6 Å². The summed E-state index contributed by atoms with van der Waals surface area (Å²) >= 11 is 0. The molecule has 1 aliphatic carbocycles. The summed E-state index contributed by atoms with van der Waals surface area (Å²) < 4.78 is 19.5. The third-order valence-corrected chi connectivity index (χ3v) is 3.59. The molecular formula is C17H17FO2. The van der Waals surface area contributed by atoms with E-state index in [9.17, 15) is 9.50 Å². The lowest BCUT2D eigenvalue weighted by Gasteiger charge is -2.17. The molecule has 1 unspecified atom stereocenters. The number of aliphatic hydroxyl groups excluding tert-OH is 1. The van der Waals surface area contributed by atoms with Crippen LogP contribution in [0, 0.1) is 5.82 Å². The van der Waals surface area contributed by atoms with Crippen molar-refractivity contribution in [3.63, 3.8) is 0 Å². The smallest absolute Gasteiger partial charge is 0.165 e. The van der Waals surface area contributed by atoms with E-state index in [0.717, 1.165) is 24.0 Å². The molecule has 0 radical (unpaired) electrons. The van der Waals surface area contributed by atoms with Crippen LogP contribution in [0.2, 0.25) is 0 Å². The molecule has 2 aromatic carbocycles. The van der Waals surface area contributed by atoms with Crippen molar-refractivity contribution in [2.45, 2.75) is 31.8 Å². The minimum Gasteiger partial charge on any atom is -0.454 e. The van der Waals surface area contributed by atoms with E-state index in [1.165, 1.54) is 6.07 Å². The second-order valence-electron chi connectivity index (χ2n) is 5.24. The lowest BCUT2D eigenvalue weighted by atomic mass is 9.98. The summed E-state index contributed by atoms with van der Waals surface area (Å²) in [5.74, 6) is 0.910. The maximum absolute atomic E-state index is 13.7. The molecule has 2 nitrogen and oxygen atoms in total. The molecule has 0 bridgehead atoms. The zero-order chi connectivity index (χ0) is 14.1. The molecule has 20 heavy (non-hydrogen) atoms.